The molecule has 0 aromatic heterocycles. The molecule has 0 unspecified atom stereocenters. The Morgan fingerprint density at radius 3 is 2.22 bits per heavy atom. The minimum absolute atomic E-state index is 0.354. The monoisotopic (exact) mass is 313 g/mol. The Kier molecular flexibility index (Phi) is 4.14. The van der Waals surface area contributed by atoms with Gasteiger partial charge in [-0.05, 0) is 43.1 Å². The quantitative estimate of drug-likeness (QED) is 0.837. The summed E-state index contributed by atoms with van der Waals surface area (Å²) >= 11 is 0. The van der Waals surface area contributed by atoms with Gasteiger partial charge in [-0.2, -0.15) is 0 Å². The van der Waals surface area contributed by atoms with Crippen molar-refractivity contribution >= 4 is 5.91 Å². The van der Waals surface area contributed by atoms with Crippen molar-refractivity contribution in [3.8, 4) is 0 Å². The van der Waals surface area contributed by atoms with E-state index in [9.17, 15) is 4.79 Å². The Labute approximate surface area is 139 Å². The van der Waals surface area contributed by atoms with E-state index in [4.69, 9.17) is 4.74 Å². The number of fused-ring (bicyclic) bond motifs is 1. The van der Waals surface area contributed by atoms with Crippen molar-refractivity contribution in [2.45, 2.75) is 43.9 Å². The molecule has 4 rings (SSSR count). The molecule has 2 heterocycles. The first-order valence-electron chi connectivity index (χ1n) is 9.22. The first-order chi connectivity index (χ1) is 11.3. The molecule has 1 saturated carbocycles. The van der Waals surface area contributed by atoms with Crippen LogP contribution in [0.25, 0.3) is 0 Å². The van der Waals surface area contributed by atoms with Crippen molar-refractivity contribution < 1.29 is 9.53 Å². The zero-order valence-electron chi connectivity index (χ0n) is 13.9. The average Bonchev–Trinajstić information content (AvgIpc) is 3.06. The molecule has 3 fully saturated rings. The van der Waals surface area contributed by atoms with E-state index in [1.54, 1.807) is 0 Å². The highest BCUT2D eigenvalue weighted by Gasteiger charge is 2.47. The smallest absolute Gasteiger partial charge is 0.233 e. The van der Waals surface area contributed by atoms with Gasteiger partial charge in [0, 0.05) is 26.3 Å². The van der Waals surface area contributed by atoms with Crippen LogP contribution < -0.4 is 0 Å². The van der Waals surface area contributed by atoms with Gasteiger partial charge in [0.25, 0.3) is 0 Å². The average molecular weight is 313 g/mol. The maximum Gasteiger partial charge on any atom is 0.233 e. The zero-order chi connectivity index (χ0) is 15.7. The van der Waals surface area contributed by atoms with Crippen LogP contribution in [0.1, 0.15) is 44.1 Å². The van der Waals surface area contributed by atoms with Crippen LogP contribution in [0.2, 0.25) is 0 Å². The van der Waals surface area contributed by atoms with E-state index in [1.807, 2.05) is 6.07 Å². The molecule has 3 nitrogen and oxygen atoms in total. The zero-order valence-corrected chi connectivity index (χ0v) is 13.9. The molecule has 1 aromatic rings. The van der Waals surface area contributed by atoms with Crippen LogP contribution in [-0.4, -0.2) is 37.1 Å². The topological polar surface area (TPSA) is 29.5 Å². The normalized spacial score (nSPS) is 30.0. The summed E-state index contributed by atoms with van der Waals surface area (Å²) in [5.41, 5.74) is 0.829. The number of rotatable bonds is 2. The summed E-state index contributed by atoms with van der Waals surface area (Å²) in [7, 11) is 0. The second-order valence-corrected chi connectivity index (χ2v) is 7.58. The standard InChI is InChI=1S/C20H27NO2/c22-19(21-14-16-6-4-5-7-17(16)15-21)20(10-12-23-13-11-20)18-8-2-1-3-9-18/h1-3,8-9,16-17H,4-7,10-15H2/t16-,17-/m1/s1. The molecule has 2 aliphatic heterocycles. The largest absolute Gasteiger partial charge is 0.381 e. The van der Waals surface area contributed by atoms with Crippen LogP contribution in [0.3, 0.4) is 0 Å². The number of carbonyl (C=O) groups is 1. The predicted molar refractivity (Wildman–Crippen MR) is 90.2 cm³/mol. The van der Waals surface area contributed by atoms with Crippen LogP contribution >= 0.6 is 0 Å². The van der Waals surface area contributed by atoms with Gasteiger partial charge in [-0.1, -0.05) is 43.2 Å². The first-order valence-corrected chi connectivity index (χ1v) is 9.22. The third-order valence-electron chi connectivity index (χ3n) is 6.35. The Bertz CT molecular complexity index is 536. The Morgan fingerprint density at radius 1 is 1.00 bits per heavy atom. The molecule has 0 spiro atoms. The summed E-state index contributed by atoms with van der Waals surface area (Å²) < 4.78 is 5.58. The fourth-order valence-electron chi connectivity index (χ4n) is 4.98. The highest BCUT2D eigenvalue weighted by Crippen LogP contribution is 2.41. The minimum Gasteiger partial charge on any atom is -0.381 e. The van der Waals surface area contributed by atoms with E-state index in [0.29, 0.717) is 19.1 Å². The van der Waals surface area contributed by atoms with Gasteiger partial charge in [-0.25, -0.2) is 0 Å². The maximum absolute atomic E-state index is 13.5. The lowest BCUT2D eigenvalue weighted by molar-refractivity contribution is -0.140. The lowest BCUT2D eigenvalue weighted by atomic mass is 9.73. The van der Waals surface area contributed by atoms with Crippen LogP contribution in [0.4, 0.5) is 0 Å². The van der Waals surface area contributed by atoms with Gasteiger partial charge in [0.15, 0.2) is 0 Å². The van der Waals surface area contributed by atoms with Gasteiger partial charge in [0.1, 0.15) is 0 Å². The van der Waals surface area contributed by atoms with Crippen molar-refractivity contribution in [1.29, 1.82) is 0 Å². The number of nitrogens with zero attached hydrogens (tertiary/aromatic N) is 1. The van der Waals surface area contributed by atoms with Crippen LogP contribution in [0.5, 0.6) is 0 Å². The SMILES string of the molecule is O=C(N1C[C@H]2CCCC[C@@H]2C1)C1(c2ccccc2)CCOCC1. The van der Waals surface area contributed by atoms with Gasteiger partial charge in [-0.3, -0.25) is 4.79 Å². The lowest BCUT2D eigenvalue weighted by Gasteiger charge is -2.39. The Morgan fingerprint density at radius 2 is 1.61 bits per heavy atom. The van der Waals surface area contributed by atoms with Gasteiger partial charge < -0.3 is 9.64 Å². The van der Waals surface area contributed by atoms with Crippen molar-refractivity contribution in [2.75, 3.05) is 26.3 Å². The molecule has 0 radical (unpaired) electrons. The Hall–Kier alpha value is -1.35. The van der Waals surface area contributed by atoms with E-state index in [0.717, 1.165) is 37.8 Å². The number of hydrogen-bond acceptors (Lipinski definition) is 2. The molecule has 1 aromatic carbocycles. The number of likely N-dealkylation sites (tertiary alicyclic amines) is 1. The molecule has 1 aliphatic carbocycles. The van der Waals surface area contributed by atoms with Gasteiger partial charge >= 0.3 is 0 Å². The van der Waals surface area contributed by atoms with Crippen molar-refractivity contribution in [1.82, 2.24) is 4.90 Å². The molecule has 2 saturated heterocycles. The highest BCUT2D eigenvalue weighted by atomic mass is 16.5. The molecule has 0 N–H and O–H groups in total. The molecule has 2 atom stereocenters. The Balaban J connectivity index is 1.60. The number of carbonyl (C=O) groups excluding carboxylic acids is 1. The maximum atomic E-state index is 13.5. The van der Waals surface area contributed by atoms with E-state index >= 15 is 0 Å². The van der Waals surface area contributed by atoms with Crippen molar-refractivity contribution in [2.24, 2.45) is 11.8 Å². The number of benzene rings is 1. The second kappa shape index (κ2) is 6.27. The van der Waals surface area contributed by atoms with Gasteiger partial charge in [0.2, 0.25) is 5.91 Å². The van der Waals surface area contributed by atoms with E-state index in [-0.39, 0.29) is 5.41 Å². The summed E-state index contributed by atoms with van der Waals surface area (Å²) in [5, 5.41) is 0. The third-order valence-corrected chi connectivity index (χ3v) is 6.35. The van der Waals surface area contributed by atoms with E-state index in [1.165, 1.54) is 31.2 Å². The van der Waals surface area contributed by atoms with Crippen LogP contribution in [0.15, 0.2) is 30.3 Å². The summed E-state index contributed by atoms with van der Waals surface area (Å²) in [6.45, 7) is 3.36. The first kappa shape index (κ1) is 15.2. The molecular weight excluding hydrogens is 286 g/mol. The molecular formula is C20H27NO2. The summed E-state index contributed by atoms with van der Waals surface area (Å²) in [6, 6.07) is 10.4. The fraction of sp³-hybridized carbons (Fsp3) is 0.650. The van der Waals surface area contributed by atoms with Crippen LogP contribution in [-0.2, 0) is 14.9 Å². The van der Waals surface area contributed by atoms with Crippen molar-refractivity contribution in [3.63, 3.8) is 0 Å². The minimum atomic E-state index is -0.354. The summed E-state index contributed by atoms with van der Waals surface area (Å²) in [5.74, 6) is 1.86. The molecule has 1 amide bonds. The van der Waals surface area contributed by atoms with Crippen molar-refractivity contribution in [3.05, 3.63) is 35.9 Å². The molecule has 23 heavy (non-hydrogen) atoms. The number of amides is 1. The molecule has 3 aliphatic rings. The highest BCUT2D eigenvalue weighted by molar-refractivity contribution is 5.88. The number of ether oxygens (including phenoxy) is 1. The summed E-state index contributed by atoms with van der Waals surface area (Å²) in [4.78, 5) is 15.7. The third kappa shape index (κ3) is 2.69. The number of hydrogen-bond donors (Lipinski definition) is 0. The second-order valence-electron chi connectivity index (χ2n) is 7.58. The molecule has 124 valence electrons. The molecule has 0 bridgehead atoms. The summed E-state index contributed by atoms with van der Waals surface area (Å²) in [6.07, 6.45) is 6.97. The predicted octanol–water partition coefficient (Wildman–Crippen LogP) is 3.38. The van der Waals surface area contributed by atoms with Gasteiger partial charge in [0.05, 0.1) is 5.41 Å². The van der Waals surface area contributed by atoms with Gasteiger partial charge in [-0.15, -0.1) is 0 Å². The molecule has 3 heteroatoms. The van der Waals surface area contributed by atoms with Crippen LogP contribution in [0, 0.1) is 11.8 Å². The van der Waals surface area contributed by atoms with E-state index < -0.39 is 0 Å². The lowest BCUT2D eigenvalue weighted by Crippen LogP contribution is -2.49. The fourth-order valence-corrected chi connectivity index (χ4v) is 4.98. The van der Waals surface area contributed by atoms with E-state index in [2.05, 4.69) is 29.2 Å².